The Bertz CT molecular complexity index is 1100. The highest BCUT2D eigenvalue weighted by molar-refractivity contribution is 5.80. The highest BCUT2D eigenvalue weighted by Gasteiger charge is 2.10. The Balaban J connectivity index is 1.96. The fourth-order valence-corrected chi connectivity index (χ4v) is 2.73. The average molecular weight is 325 g/mol. The fourth-order valence-electron chi connectivity index (χ4n) is 2.73. The molecule has 4 heteroatoms. The van der Waals surface area contributed by atoms with Gasteiger partial charge in [0.2, 0.25) is 0 Å². The topological polar surface area (TPSA) is 47.8 Å². The van der Waals surface area contributed by atoms with E-state index in [9.17, 15) is 4.79 Å². The quantitative estimate of drug-likeness (QED) is 0.573. The summed E-state index contributed by atoms with van der Waals surface area (Å²) in [6.45, 7) is 0. The lowest BCUT2D eigenvalue weighted by atomic mass is 10.2. The molecular formula is C21H15N3O. The zero-order valence-electron chi connectivity index (χ0n) is 13.4. The molecular weight excluding hydrogens is 310 g/mol. The van der Waals surface area contributed by atoms with Crippen LogP contribution >= 0.6 is 0 Å². The molecule has 2 aromatic carbocycles. The Morgan fingerprint density at radius 1 is 0.840 bits per heavy atom. The van der Waals surface area contributed by atoms with Crippen LogP contribution in [0.2, 0.25) is 0 Å². The number of pyridine rings is 1. The minimum atomic E-state index is -0.0809. The standard InChI is InChI=1S/C21H15N3O/c25-21-18-10-4-5-11-19(18)23-20(13-12-16-7-6-14-22-15-16)24(21)17-8-2-1-3-9-17/h1-15H/b13-12+. The van der Waals surface area contributed by atoms with Crippen molar-refractivity contribution in [2.45, 2.75) is 0 Å². The Morgan fingerprint density at radius 3 is 2.44 bits per heavy atom. The molecule has 0 aliphatic rings. The first-order chi connectivity index (χ1) is 12.3. The van der Waals surface area contributed by atoms with Gasteiger partial charge in [-0.05, 0) is 48.0 Å². The second kappa shape index (κ2) is 6.53. The number of nitrogens with zero attached hydrogens (tertiary/aromatic N) is 3. The summed E-state index contributed by atoms with van der Waals surface area (Å²) in [6, 6.07) is 20.8. The molecule has 0 radical (unpaired) electrons. The Labute approximate surface area is 144 Å². The van der Waals surface area contributed by atoms with Gasteiger partial charge in [-0.3, -0.25) is 14.3 Å². The molecule has 0 aliphatic carbocycles. The van der Waals surface area contributed by atoms with Crippen LogP contribution in [0.25, 0.3) is 28.7 Å². The van der Waals surface area contributed by atoms with Crippen molar-refractivity contribution in [3.8, 4) is 5.69 Å². The maximum atomic E-state index is 13.0. The molecule has 0 spiro atoms. The molecule has 0 saturated heterocycles. The normalized spacial score (nSPS) is 11.2. The molecule has 4 nitrogen and oxygen atoms in total. The smallest absolute Gasteiger partial charge is 0.266 e. The van der Waals surface area contributed by atoms with E-state index in [1.54, 1.807) is 23.0 Å². The first-order valence-corrected chi connectivity index (χ1v) is 7.98. The van der Waals surface area contributed by atoms with E-state index in [1.165, 1.54) is 0 Å². The van der Waals surface area contributed by atoms with Gasteiger partial charge in [-0.2, -0.15) is 0 Å². The van der Waals surface area contributed by atoms with E-state index in [0.717, 1.165) is 11.3 Å². The number of para-hydroxylation sites is 2. The van der Waals surface area contributed by atoms with E-state index in [0.29, 0.717) is 16.7 Å². The molecule has 2 heterocycles. The van der Waals surface area contributed by atoms with Gasteiger partial charge in [-0.25, -0.2) is 4.98 Å². The second-order valence-corrected chi connectivity index (χ2v) is 5.58. The molecule has 2 aromatic heterocycles. The summed E-state index contributed by atoms with van der Waals surface area (Å²) in [5.41, 5.74) is 2.34. The van der Waals surface area contributed by atoms with Crippen LogP contribution < -0.4 is 5.56 Å². The molecule has 120 valence electrons. The lowest BCUT2D eigenvalue weighted by Crippen LogP contribution is -2.22. The molecule has 0 N–H and O–H groups in total. The molecule has 0 amide bonds. The maximum Gasteiger partial charge on any atom is 0.266 e. The minimum absolute atomic E-state index is 0.0809. The van der Waals surface area contributed by atoms with E-state index in [4.69, 9.17) is 0 Å². The van der Waals surface area contributed by atoms with Crippen molar-refractivity contribution >= 4 is 23.1 Å². The van der Waals surface area contributed by atoms with E-state index >= 15 is 0 Å². The first-order valence-electron chi connectivity index (χ1n) is 7.98. The zero-order valence-corrected chi connectivity index (χ0v) is 13.4. The molecule has 0 saturated carbocycles. The molecule has 25 heavy (non-hydrogen) atoms. The monoisotopic (exact) mass is 325 g/mol. The van der Waals surface area contributed by atoms with Gasteiger partial charge in [0, 0.05) is 12.4 Å². The third-order valence-electron chi connectivity index (χ3n) is 3.93. The SMILES string of the molecule is O=c1c2ccccc2nc(/C=C/c2cccnc2)n1-c1ccccc1. The van der Waals surface area contributed by atoms with Crippen molar-refractivity contribution in [3.05, 3.63) is 101 Å². The van der Waals surface area contributed by atoms with E-state index in [2.05, 4.69) is 9.97 Å². The van der Waals surface area contributed by atoms with Crippen LogP contribution in [0.4, 0.5) is 0 Å². The van der Waals surface area contributed by atoms with E-state index in [-0.39, 0.29) is 5.56 Å². The molecule has 4 rings (SSSR count). The Morgan fingerprint density at radius 2 is 1.64 bits per heavy atom. The fraction of sp³-hybridized carbons (Fsp3) is 0. The predicted molar refractivity (Wildman–Crippen MR) is 101 cm³/mol. The third kappa shape index (κ3) is 2.97. The number of rotatable bonds is 3. The van der Waals surface area contributed by atoms with Crippen LogP contribution in [0.5, 0.6) is 0 Å². The van der Waals surface area contributed by atoms with Gasteiger partial charge in [-0.1, -0.05) is 36.4 Å². The molecule has 0 bridgehead atoms. The zero-order chi connectivity index (χ0) is 17.1. The minimum Gasteiger partial charge on any atom is -0.268 e. The van der Waals surface area contributed by atoms with Crippen molar-refractivity contribution in [2.75, 3.05) is 0 Å². The summed E-state index contributed by atoms with van der Waals surface area (Å²) in [5.74, 6) is 0.582. The largest absolute Gasteiger partial charge is 0.268 e. The van der Waals surface area contributed by atoms with Crippen LogP contribution in [0, 0.1) is 0 Å². The van der Waals surface area contributed by atoms with E-state index in [1.807, 2.05) is 72.8 Å². The molecule has 0 unspecified atom stereocenters. The molecule has 4 aromatic rings. The maximum absolute atomic E-state index is 13.0. The van der Waals surface area contributed by atoms with Gasteiger partial charge < -0.3 is 0 Å². The van der Waals surface area contributed by atoms with Gasteiger partial charge >= 0.3 is 0 Å². The third-order valence-corrected chi connectivity index (χ3v) is 3.93. The van der Waals surface area contributed by atoms with Crippen molar-refractivity contribution in [1.82, 2.24) is 14.5 Å². The summed E-state index contributed by atoms with van der Waals surface area (Å²) in [7, 11) is 0. The van der Waals surface area contributed by atoms with Crippen LogP contribution in [0.15, 0.2) is 83.9 Å². The number of aromatic nitrogens is 3. The molecule has 0 aliphatic heterocycles. The van der Waals surface area contributed by atoms with Gasteiger partial charge in [0.25, 0.3) is 5.56 Å². The number of hydrogen-bond acceptors (Lipinski definition) is 3. The summed E-state index contributed by atoms with van der Waals surface area (Å²) in [5, 5.41) is 0.602. The van der Waals surface area contributed by atoms with Crippen molar-refractivity contribution in [1.29, 1.82) is 0 Å². The lowest BCUT2D eigenvalue weighted by Gasteiger charge is -2.11. The van der Waals surface area contributed by atoms with E-state index < -0.39 is 0 Å². The first kappa shape index (κ1) is 15.0. The van der Waals surface area contributed by atoms with Crippen LogP contribution in [0.3, 0.4) is 0 Å². The highest BCUT2D eigenvalue weighted by atomic mass is 16.1. The molecule has 0 fully saturated rings. The van der Waals surface area contributed by atoms with Crippen LogP contribution in [-0.4, -0.2) is 14.5 Å². The summed E-state index contributed by atoms with van der Waals surface area (Å²) < 4.78 is 1.63. The summed E-state index contributed by atoms with van der Waals surface area (Å²) in [6.07, 6.45) is 7.24. The van der Waals surface area contributed by atoms with Crippen LogP contribution in [-0.2, 0) is 0 Å². The average Bonchev–Trinajstić information content (AvgIpc) is 2.68. The Hall–Kier alpha value is -3.53. The lowest BCUT2D eigenvalue weighted by molar-refractivity contribution is 0.944. The predicted octanol–water partition coefficient (Wildman–Crippen LogP) is 3.95. The highest BCUT2D eigenvalue weighted by Crippen LogP contribution is 2.15. The number of benzene rings is 2. The van der Waals surface area contributed by atoms with Crippen molar-refractivity contribution in [2.24, 2.45) is 0 Å². The van der Waals surface area contributed by atoms with Gasteiger partial charge in [0.15, 0.2) is 0 Å². The summed E-state index contributed by atoms with van der Waals surface area (Å²) in [4.78, 5) is 21.8. The van der Waals surface area contributed by atoms with Gasteiger partial charge in [-0.15, -0.1) is 0 Å². The van der Waals surface area contributed by atoms with Crippen molar-refractivity contribution < 1.29 is 0 Å². The van der Waals surface area contributed by atoms with Gasteiger partial charge in [0.1, 0.15) is 5.82 Å². The van der Waals surface area contributed by atoms with Crippen molar-refractivity contribution in [3.63, 3.8) is 0 Å². The second-order valence-electron chi connectivity index (χ2n) is 5.58. The van der Waals surface area contributed by atoms with Crippen LogP contribution in [0.1, 0.15) is 11.4 Å². The summed E-state index contributed by atoms with van der Waals surface area (Å²) >= 11 is 0. The Kier molecular flexibility index (Phi) is 3.92. The van der Waals surface area contributed by atoms with Gasteiger partial charge in [0.05, 0.1) is 16.6 Å². The number of hydrogen-bond donors (Lipinski definition) is 0. The molecule has 0 atom stereocenters. The number of fused-ring (bicyclic) bond motifs is 1.